The van der Waals surface area contributed by atoms with Crippen molar-refractivity contribution in [3.63, 3.8) is 0 Å². The Morgan fingerprint density at radius 1 is 0.812 bits per heavy atom. The molecule has 1 N–H and O–H groups in total. The van der Waals surface area contributed by atoms with Crippen LogP contribution in [0.25, 0.3) is 22.5 Å². The smallest absolute Gasteiger partial charge is 0.126 e. The molecule has 4 aromatic rings. The van der Waals surface area contributed by atoms with Crippen LogP contribution in [0.1, 0.15) is 122 Å². The van der Waals surface area contributed by atoms with E-state index in [2.05, 4.69) is 95.6 Å². The third kappa shape index (κ3) is 12.5. The lowest BCUT2D eigenvalue weighted by Crippen LogP contribution is -2.32. The molecule has 2 aromatic carbocycles. The molecule has 6 rings (SSSR count). The summed E-state index contributed by atoms with van der Waals surface area (Å²) in [6, 6.07) is 21.1. The first-order chi connectivity index (χ1) is 25.6. The molecule has 2 saturated carbocycles. The molecular formula is C42H66N6. The Balaban J connectivity index is 0.000000282. The summed E-state index contributed by atoms with van der Waals surface area (Å²) in [5, 5.41) is 3.83. The third-order valence-corrected chi connectivity index (χ3v) is 9.66. The summed E-state index contributed by atoms with van der Waals surface area (Å²) in [6.07, 6.45) is 27.1. The van der Waals surface area contributed by atoms with Crippen molar-refractivity contribution in [2.75, 3.05) is 13.1 Å². The number of hydrogen-bond donors (Lipinski definition) is 1. The summed E-state index contributed by atoms with van der Waals surface area (Å²) >= 11 is 0. The van der Waals surface area contributed by atoms with E-state index in [-0.39, 0.29) is 0 Å². The van der Waals surface area contributed by atoms with Gasteiger partial charge in [0.05, 0.1) is 23.8 Å². The van der Waals surface area contributed by atoms with Gasteiger partial charge < -0.3 is 14.5 Å². The lowest BCUT2D eigenvalue weighted by atomic mass is 9.83. The van der Waals surface area contributed by atoms with Gasteiger partial charge in [0.25, 0.3) is 0 Å². The van der Waals surface area contributed by atoms with Crippen molar-refractivity contribution in [3.05, 3.63) is 85.2 Å². The number of aliphatic imine (C=N–C) groups is 1. The van der Waals surface area contributed by atoms with Crippen LogP contribution in [-0.2, 0) is 14.1 Å². The summed E-state index contributed by atoms with van der Waals surface area (Å²) < 4.78 is 24.2. The summed E-state index contributed by atoms with van der Waals surface area (Å²) in [4.78, 5) is 13.7. The number of rotatable bonds is 12. The van der Waals surface area contributed by atoms with Crippen molar-refractivity contribution in [2.24, 2.45) is 30.9 Å². The van der Waals surface area contributed by atoms with Crippen LogP contribution >= 0.6 is 0 Å². The molecule has 0 spiro atoms. The fraction of sp³-hybridized carbons (Fsp3) is 0.548. The Labute approximate surface area is 297 Å². The van der Waals surface area contributed by atoms with Gasteiger partial charge in [-0.1, -0.05) is 126 Å². The van der Waals surface area contributed by atoms with Gasteiger partial charge in [-0.05, 0) is 56.9 Å². The van der Waals surface area contributed by atoms with Crippen LogP contribution < -0.4 is 5.32 Å². The minimum Gasteiger partial charge on any atom is -0.340 e. The molecule has 48 heavy (non-hydrogen) atoms. The van der Waals surface area contributed by atoms with Crippen LogP contribution in [0.4, 0.5) is 0 Å². The second-order valence-corrected chi connectivity index (χ2v) is 13.7. The van der Waals surface area contributed by atoms with E-state index in [1.165, 1.54) is 101 Å². The summed E-state index contributed by atoms with van der Waals surface area (Å²) in [5.41, 5.74) is 4.48. The average molecular weight is 659 g/mol. The Morgan fingerprint density at radius 2 is 1.42 bits per heavy atom. The molecule has 1 atom stereocenters. The molecule has 2 aliphatic carbocycles. The molecule has 2 aromatic heterocycles. The highest BCUT2D eigenvalue weighted by Crippen LogP contribution is 2.35. The van der Waals surface area contributed by atoms with Crippen LogP contribution in [0, 0.1) is 11.8 Å². The number of aryl methyl sites for hydroxylation is 2. The van der Waals surface area contributed by atoms with Gasteiger partial charge in [-0.25, -0.2) is 9.97 Å². The predicted molar refractivity (Wildman–Crippen MR) is 209 cm³/mol. The molecule has 6 heteroatoms. The van der Waals surface area contributed by atoms with Gasteiger partial charge in [0.15, 0.2) is 0 Å². The molecule has 0 amide bonds. The summed E-state index contributed by atoms with van der Waals surface area (Å²) in [7, 11) is 4.12. The van der Waals surface area contributed by atoms with Crippen LogP contribution in [0.15, 0.2) is 84.4 Å². The lowest BCUT2D eigenvalue weighted by molar-refractivity contribution is 0.260. The SMILES string of the molecule is CCCCN=CC1CCCCC1.CCCCNC(c1nc(-c2ccccc2)cn1C)C1CCCCC1.Cn1cnc(-c2ccccc2)c1.[2H][2H].[2H][2H]. The third-order valence-electron chi connectivity index (χ3n) is 9.66. The van der Waals surface area contributed by atoms with E-state index in [0.717, 1.165) is 41.9 Å². The first-order valence-corrected chi connectivity index (χ1v) is 18.9. The van der Waals surface area contributed by atoms with E-state index >= 15 is 0 Å². The predicted octanol–water partition coefficient (Wildman–Crippen LogP) is 11.1. The number of imidazole rings is 2. The number of nitrogens with one attached hydrogen (secondary N) is 1. The van der Waals surface area contributed by atoms with Crippen molar-refractivity contribution in [2.45, 2.75) is 110 Å². The minimum absolute atomic E-state index is 0.388. The van der Waals surface area contributed by atoms with Crippen LogP contribution in [0.3, 0.4) is 0 Å². The van der Waals surface area contributed by atoms with E-state index in [1.54, 1.807) is 0 Å². The Bertz CT molecular complexity index is 1430. The van der Waals surface area contributed by atoms with Crippen LogP contribution in [0.5, 0.6) is 0 Å². The first kappa shape index (κ1) is 34.4. The molecule has 0 bridgehead atoms. The van der Waals surface area contributed by atoms with Gasteiger partial charge >= 0.3 is 0 Å². The normalized spacial score (nSPS) is 16.5. The monoisotopic (exact) mass is 659 g/mol. The van der Waals surface area contributed by atoms with Gasteiger partial charge in [0.1, 0.15) is 5.82 Å². The highest BCUT2D eigenvalue weighted by molar-refractivity contribution is 5.61. The molecular weight excluding hydrogens is 589 g/mol. The molecule has 2 fully saturated rings. The van der Waals surface area contributed by atoms with Crippen LogP contribution in [-0.4, -0.2) is 38.4 Å². The maximum Gasteiger partial charge on any atom is 0.126 e. The van der Waals surface area contributed by atoms with Gasteiger partial charge in [-0.3, -0.25) is 4.99 Å². The molecule has 6 nitrogen and oxygen atoms in total. The van der Waals surface area contributed by atoms with E-state index in [4.69, 9.17) is 10.9 Å². The van der Waals surface area contributed by atoms with E-state index in [1.807, 2.05) is 42.3 Å². The van der Waals surface area contributed by atoms with Crippen molar-refractivity contribution in [1.82, 2.24) is 24.4 Å². The summed E-state index contributed by atoms with van der Waals surface area (Å²) in [5.74, 6) is 2.74. The number of aromatic nitrogens is 4. The molecule has 2 aliphatic rings. The molecule has 2 heterocycles. The summed E-state index contributed by atoms with van der Waals surface area (Å²) in [6.45, 7) is 6.61. The van der Waals surface area contributed by atoms with Gasteiger partial charge in [0.2, 0.25) is 0 Å². The van der Waals surface area contributed by atoms with Gasteiger partial charge in [-0.15, -0.1) is 0 Å². The zero-order chi connectivity index (χ0) is 37.8. The molecule has 0 aliphatic heterocycles. The molecule has 0 radical (unpaired) electrons. The zero-order valence-electron chi connectivity index (χ0n) is 34.4. The van der Waals surface area contributed by atoms with Crippen molar-refractivity contribution in [3.8, 4) is 22.5 Å². The Morgan fingerprint density at radius 3 is 2.00 bits per heavy atom. The average Bonchev–Trinajstić information content (AvgIpc) is 3.84. The number of hydrogen-bond acceptors (Lipinski definition) is 4. The molecule has 1 unspecified atom stereocenters. The van der Waals surface area contributed by atoms with E-state index in [0.29, 0.717) is 6.04 Å². The zero-order valence-corrected chi connectivity index (χ0v) is 30.4. The van der Waals surface area contributed by atoms with Crippen LogP contribution in [0.2, 0.25) is 0 Å². The highest BCUT2D eigenvalue weighted by Gasteiger charge is 2.28. The largest absolute Gasteiger partial charge is 0.340 e. The van der Waals surface area contributed by atoms with E-state index < -0.39 is 0 Å². The maximum absolute atomic E-state index is 5.03. The van der Waals surface area contributed by atoms with Gasteiger partial charge in [0, 0.05) is 56.3 Å². The van der Waals surface area contributed by atoms with E-state index in [9.17, 15) is 0 Å². The molecule has 0 saturated heterocycles. The number of benzene rings is 2. The second kappa shape index (κ2) is 21.5. The minimum atomic E-state index is 0.388. The topological polar surface area (TPSA) is 60.0 Å². The fourth-order valence-electron chi connectivity index (χ4n) is 6.82. The fourth-order valence-corrected chi connectivity index (χ4v) is 6.82. The lowest BCUT2D eigenvalue weighted by Gasteiger charge is -2.30. The standard InChI is InChI=1S/C21H31N3.C11H21N.C10H10N2.2H2/c1-3-4-15-22-20(18-13-9-6-10-14-18)21-23-19(16-24(21)2)17-11-7-5-8-12-17;1-2-3-9-12-10-11-7-5-4-6-8-11;1-12-7-10(11-8-12)9-5-3-2-4-6-9;;/h5,7-8,11-12,16,18,20,22H,3-4,6,9-10,13-15H2,1-2H3;10-11H,2-9H2,1H3;2-8H,1H3;2*1H/i;;;2*1+1D. The first-order valence-electron chi connectivity index (χ1n) is 20.9. The van der Waals surface area contributed by atoms with Gasteiger partial charge in [-0.2, -0.15) is 0 Å². The second-order valence-electron chi connectivity index (χ2n) is 13.7. The van der Waals surface area contributed by atoms with Crippen molar-refractivity contribution >= 4 is 6.21 Å². The Hall–Kier alpha value is -3.51. The maximum atomic E-state index is 5.03. The quantitative estimate of drug-likeness (QED) is 0.122. The van der Waals surface area contributed by atoms with Crippen molar-refractivity contribution < 1.29 is 5.94 Å². The Kier molecular flexibility index (Phi) is 15.4. The number of nitrogens with zero attached hydrogens (tertiary/aromatic N) is 5. The number of unbranched alkanes of at least 4 members (excludes halogenated alkanes) is 2. The molecule has 264 valence electrons. The highest BCUT2D eigenvalue weighted by atomic mass is 15.1. The van der Waals surface area contributed by atoms with Crippen molar-refractivity contribution in [1.29, 1.82) is 0 Å².